The molecule has 2 aromatic heterocycles. The quantitative estimate of drug-likeness (QED) is 0.811. The van der Waals surface area contributed by atoms with Crippen molar-refractivity contribution in [3.8, 4) is 0 Å². The molecule has 2 saturated heterocycles. The summed E-state index contributed by atoms with van der Waals surface area (Å²) < 4.78 is 3.88. The molecule has 2 fully saturated rings. The number of aromatic nitrogens is 4. The third-order valence-corrected chi connectivity index (χ3v) is 6.00. The van der Waals surface area contributed by atoms with Crippen molar-refractivity contribution in [2.24, 2.45) is 0 Å². The molecule has 2 aliphatic rings. The Bertz CT molecular complexity index is 733. The molecule has 1 amide bonds. The van der Waals surface area contributed by atoms with Crippen LogP contribution in [-0.4, -0.2) is 56.5 Å². The number of hydrogen-bond acceptors (Lipinski definition) is 4. The molecule has 0 radical (unpaired) electrons. The Labute approximate surface area is 178 Å². The second kappa shape index (κ2) is 9.76. The molecule has 0 aliphatic carbocycles. The minimum absolute atomic E-state index is 0. The van der Waals surface area contributed by atoms with Gasteiger partial charge in [0.05, 0.1) is 6.20 Å². The van der Waals surface area contributed by atoms with Crippen LogP contribution in [0.2, 0.25) is 0 Å². The molecule has 4 heterocycles. The average molecular weight is 429 g/mol. The maximum Gasteiger partial charge on any atom is 0.250 e. The van der Waals surface area contributed by atoms with Gasteiger partial charge >= 0.3 is 0 Å². The van der Waals surface area contributed by atoms with Crippen LogP contribution in [0.4, 0.5) is 0 Å². The van der Waals surface area contributed by atoms with Gasteiger partial charge in [-0.05, 0) is 63.2 Å². The van der Waals surface area contributed by atoms with Crippen LogP contribution in [0.1, 0.15) is 44.1 Å². The molecule has 0 bridgehead atoms. The van der Waals surface area contributed by atoms with Crippen LogP contribution in [-0.2, 0) is 16.9 Å². The Morgan fingerprint density at radius 3 is 2.50 bits per heavy atom. The van der Waals surface area contributed by atoms with Crippen LogP contribution in [0.15, 0.2) is 30.9 Å². The van der Waals surface area contributed by atoms with Crippen LogP contribution >= 0.6 is 24.8 Å². The summed E-state index contributed by atoms with van der Waals surface area (Å²) >= 11 is 0. The van der Waals surface area contributed by atoms with E-state index in [0.29, 0.717) is 5.92 Å². The predicted molar refractivity (Wildman–Crippen MR) is 113 cm³/mol. The highest BCUT2D eigenvalue weighted by molar-refractivity contribution is 5.86. The first-order valence-electron chi connectivity index (χ1n) is 9.75. The largest absolute Gasteiger partial charge is 0.341 e. The summed E-state index contributed by atoms with van der Waals surface area (Å²) in [5.74, 6) is 0.749. The molecule has 9 heteroatoms. The van der Waals surface area contributed by atoms with E-state index in [-0.39, 0.29) is 30.7 Å². The highest BCUT2D eigenvalue weighted by Crippen LogP contribution is 2.33. The smallest absolute Gasteiger partial charge is 0.250 e. The summed E-state index contributed by atoms with van der Waals surface area (Å²) in [6.45, 7) is 6.36. The first-order chi connectivity index (χ1) is 12.7. The topological polar surface area (TPSA) is 68.0 Å². The lowest BCUT2D eigenvalue weighted by Crippen LogP contribution is -2.56. The van der Waals surface area contributed by atoms with Gasteiger partial charge in [0.1, 0.15) is 5.54 Å². The van der Waals surface area contributed by atoms with Gasteiger partial charge in [0.15, 0.2) is 0 Å². The molecule has 7 nitrogen and oxygen atoms in total. The molecule has 4 rings (SSSR count). The summed E-state index contributed by atoms with van der Waals surface area (Å²) in [6, 6.07) is 1.91. The van der Waals surface area contributed by atoms with Crippen molar-refractivity contribution < 1.29 is 4.79 Å². The molecule has 2 aromatic rings. The van der Waals surface area contributed by atoms with Crippen LogP contribution in [0.3, 0.4) is 0 Å². The number of nitrogens with one attached hydrogen (secondary N) is 1. The van der Waals surface area contributed by atoms with Gasteiger partial charge in [-0.3, -0.25) is 14.2 Å². The van der Waals surface area contributed by atoms with Crippen molar-refractivity contribution in [3.05, 3.63) is 36.4 Å². The number of aryl methyl sites for hydroxylation is 1. The molecule has 0 saturated carbocycles. The summed E-state index contributed by atoms with van der Waals surface area (Å²) in [7, 11) is 0. The number of rotatable bonds is 4. The van der Waals surface area contributed by atoms with Gasteiger partial charge in [-0.15, -0.1) is 24.8 Å². The van der Waals surface area contributed by atoms with Crippen LogP contribution < -0.4 is 5.32 Å². The molecule has 0 unspecified atom stereocenters. The second-order valence-electron chi connectivity index (χ2n) is 7.43. The third kappa shape index (κ3) is 4.21. The van der Waals surface area contributed by atoms with Crippen molar-refractivity contribution >= 4 is 30.7 Å². The minimum Gasteiger partial charge on any atom is -0.341 e. The van der Waals surface area contributed by atoms with Gasteiger partial charge in [0.2, 0.25) is 0 Å². The minimum atomic E-state index is -0.519. The summed E-state index contributed by atoms with van der Waals surface area (Å²) in [4.78, 5) is 15.6. The summed E-state index contributed by atoms with van der Waals surface area (Å²) in [5, 5.41) is 12.2. The lowest BCUT2D eigenvalue weighted by atomic mass is 9.85. The monoisotopic (exact) mass is 428 g/mol. The van der Waals surface area contributed by atoms with Gasteiger partial charge in [-0.25, -0.2) is 0 Å². The van der Waals surface area contributed by atoms with Gasteiger partial charge in [-0.1, -0.05) is 0 Å². The van der Waals surface area contributed by atoms with Crippen molar-refractivity contribution in [1.29, 1.82) is 0 Å². The van der Waals surface area contributed by atoms with E-state index in [1.807, 2.05) is 27.8 Å². The number of halogens is 2. The summed E-state index contributed by atoms with van der Waals surface area (Å²) in [6.07, 6.45) is 11.5. The van der Waals surface area contributed by atoms with E-state index in [1.54, 1.807) is 6.20 Å². The number of hydrogen-bond donors (Lipinski definition) is 1. The molecule has 28 heavy (non-hydrogen) atoms. The Kier molecular flexibility index (Phi) is 7.92. The third-order valence-electron chi connectivity index (χ3n) is 6.00. The summed E-state index contributed by atoms with van der Waals surface area (Å²) in [5.41, 5.74) is 0.789. The number of carbonyl (C=O) groups is 1. The molecule has 0 spiro atoms. The highest BCUT2D eigenvalue weighted by atomic mass is 35.5. The van der Waals surface area contributed by atoms with Crippen LogP contribution in [0, 0.1) is 0 Å². The predicted octanol–water partition coefficient (Wildman–Crippen LogP) is 2.43. The van der Waals surface area contributed by atoms with E-state index >= 15 is 0 Å². The number of likely N-dealkylation sites (tertiary alicyclic amines) is 1. The van der Waals surface area contributed by atoms with E-state index in [4.69, 9.17) is 0 Å². The Hall–Kier alpha value is -1.57. The SMILES string of the molecule is CCn1cc(C2CCN(C(=O)C3(n4cccn4)CCNCC3)CC2)cn1.Cl.Cl. The van der Waals surface area contributed by atoms with E-state index in [2.05, 4.69) is 33.5 Å². The molecule has 156 valence electrons. The molecule has 1 N–H and O–H groups in total. The van der Waals surface area contributed by atoms with Crippen molar-refractivity contribution in [2.75, 3.05) is 26.2 Å². The lowest BCUT2D eigenvalue weighted by Gasteiger charge is -2.42. The van der Waals surface area contributed by atoms with Gasteiger partial charge < -0.3 is 10.2 Å². The molecular weight excluding hydrogens is 399 g/mol. The van der Waals surface area contributed by atoms with Crippen LogP contribution in [0.5, 0.6) is 0 Å². The standard InChI is InChI=1S/C19H28N6O.2ClH/c1-2-24-15-17(14-22-24)16-4-12-23(13-5-16)18(26)19(6-9-20-10-7-19)25-11-3-8-21-25;;/h3,8,11,14-16,20H,2,4-7,9-10,12-13H2,1H3;2*1H. The second-order valence-corrected chi connectivity index (χ2v) is 7.43. The van der Waals surface area contributed by atoms with E-state index in [0.717, 1.165) is 58.4 Å². The maximum absolute atomic E-state index is 13.5. The zero-order valence-electron chi connectivity index (χ0n) is 16.3. The fraction of sp³-hybridized carbons (Fsp3) is 0.632. The van der Waals surface area contributed by atoms with E-state index in [9.17, 15) is 4.79 Å². The zero-order valence-corrected chi connectivity index (χ0v) is 17.9. The number of carbonyl (C=O) groups excluding carboxylic acids is 1. The number of amides is 1. The molecular formula is C19H30Cl2N6O. The van der Waals surface area contributed by atoms with Crippen molar-refractivity contribution in [3.63, 3.8) is 0 Å². The van der Waals surface area contributed by atoms with Gasteiger partial charge in [0.25, 0.3) is 5.91 Å². The van der Waals surface area contributed by atoms with Crippen molar-refractivity contribution in [1.82, 2.24) is 29.8 Å². The average Bonchev–Trinajstić information content (AvgIpc) is 3.40. The lowest BCUT2D eigenvalue weighted by molar-refractivity contribution is -0.144. The Morgan fingerprint density at radius 1 is 1.21 bits per heavy atom. The fourth-order valence-electron chi connectivity index (χ4n) is 4.38. The molecule has 2 aliphatic heterocycles. The van der Waals surface area contributed by atoms with Crippen molar-refractivity contribution in [2.45, 2.75) is 50.6 Å². The Balaban J connectivity index is 0.00000140. The van der Waals surface area contributed by atoms with Gasteiger partial charge in [-0.2, -0.15) is 10.2 Å². The van der Waals surface area contributed by atoms with E-state index < -0.39 is 5.54 Å². The van der Waals surface area contributed by atoms with Gasteiger partial charge in [0, 0.05) is 38.2 Å². The fourth-order valence-corrected chi connectivity index (χ4v) is 4.38. The van der Waals surface area contributed by atoms with E-state index in [1.165, 1.54) is 5.56 Å². The molecule has 0 atom stereocenters. The van der Waals surface area contributed by atoms with Crippen LogP contribution in [0.25, 0.3) is 0 Å². The number of piperidine rings is 2. The normalized spacial score (nSPS) is 19.5. The molecule has 0 aromatic carbocycles. The number of nitrogens with zero attached hydrogens (tertiary/aromatic N) is 5. The highest BCUT2D eigenvalue weighted by Gasteiger charge is 2.45. The first kappa shape index (κ1) is 22.7. The maximum atomic E-state index is 13.5. The zero-order chi connectivity index (χ0) is 18.0. The Morgan fingerprint density at radius 2 is 1.93 bits per heavy atom. The first-order valence-corrected chi connectivity index (χ1v) is 9.75.